The first-order valence-electron chi connectivity index (χ1n) is 6.50. The van der Waals surface area contributed by atoms with Gasteiger partial charge in [0.05, 0.1) is 0 Å². The molecule has 0 N–H and O–H groups in total. The van der Waals surface area contributed by atoms with Crippen molar-refractivity contribution in [2.24, 2.45) is 0 Å². The average Bonchev–Trinajstić information content (AvgIpc) is 2.30. The van der Waals surface area contributed by atoms with E-state index in [1.54, 1.807) is 0 Å². The van der Waals surface area contributed by atoms with Crippen LogP contribution in [-0.4, -0.2) is 12.5 Å². The first-order chi connectivity index (χ1) is 8.09. The maximum Gasteiger partial charge on any atom is 0.226 e. The quantitative estimate of drug-likeness (QED) is 0.761. The summed E-state index contributed by atoms with van der Waals surface area (Å²) in [6.07, 6.45) is 2.86. The van der Waals surface area contributed by atoms with E-state index >= 15 is 0 Å². The molecular formula is C15H21NO. The fraction of sp³-hybridized carbons (Fsp3) is 0.533. The van der Waals surface area contributed by atoms with E-state index < -0.39 is 0 Å². The van der Waals surface area contributed by atoms with E-state index in [0.717, 1.165) is 25.1 Å². The smallest absolute Gasteiger partial charge is 0.226 e. The molecule has 1 fully saturated rings. The molecule has 0 aliphatic carbocycles. The minimum atomic E-state index is 0.278. The van der Waals surface area contributed by atoms with E-state index in [4.69, 9.17) is 0 Å². The van der Waals surface area contributed by atoms with Gasteiger partial charge in [-0.05, 0) is 42.9 Å². The molecule has 1 saturated heterocycles. The predicted molar refractivity (Wildman–Crippen MR) is 71.5 cm³/mol. The molecule has 0 aromatic heterocycles. The molecule has 1 aromatic rings. The van der Waals surface area contributed by atoms with Crippen LogP contribution < -0.4 is 4.90 Å². The van der Waals surface area contributed by atoms with E-state index in [1.165, 1.54) is 11.1 Å². The molecule has 0 saturated carbocycles. The van der Waals surface area contributed by atoms with Crippen LogP contribution in [0.15, 0.2) is 18.2 Å². The summed E-state index contributed by atoms with van der Waals surface area (Å²) in [5, 5.41) is 0. The zero-order valence-corrected chi connectivity index (χ0v) is 11.0. The molecule has 1 aliphatic rings. The number of hydrogen-bond acceptors (Lipinski definition) is 1. The summed E-state index contributed by atoms with van der Waals surface area (Å²) in [7, 11) is 0. The summed E-state index contributed by atoms with van der Waals surface area (Å²) in [5.41, 5.74) is 3.62. The predicted octanol–water partition coefficient (Wildman–Crippen LogP) is 3.64. The Kier molecular flexibility index (Phi) is 3.51. The van der Waals surface area contributed by atoms with Crippen molar-refractivity contribution in [2.75, 3.05) is 11.4 Å². The van der Waals surface area contributed by atoms with E-state index in [1.807, 2.05) is 4.90 Å². The Labute approximate surface area is 104 Å². The molecule has 1 amide bonds. The lowest BCUT2D eigenvalue weighted by atomic mass is 9.99. The van der Waals surface area contributed by atoms with Crippen molar-refractivity contribution in [2.45, 2.75) is 46.0 Å². The molecule has 92 valence electrons. The molecule has 2 nitrogen and oxygen atoms in total. The second kappa shape index (κ2) is 4.91. The van der Waals surface area contributed by atoms with Gasteiger partial charge in [0.2, 0.25) is 5.91 Å². The second-order valence-corrected chi connectivity index (χ2v) is 5.20. The van der Waals surface area contributed by atoms with Crippen molar-refractivity contribution in [1.82, 2.24) is 0 Å². The molecule has 17 heavy (non-hydrogen) atoms. The molecule has 1 heterocycles. The van der Waals surface area contributed by atoms with Crippen LogP contribution in [0.25, 0.3) is 0 Å². The summed E-state index contributed by atoms with van der Waals surface area (Å²) < 4.78 is 0. The largest absolute Gasteiger partial charge is 0.312 e. The fourth-order valence-corrected chi connectivity index (χ4v) is 2.34. The Morgan fingerprint density at radius 1 is 1.24 bits per heavy atom. The van der Waals surface area contributed by atoms with Crippen molar-refractivity contribution in [3.05, 3.63) is 29.3 Å². The zero-order chi connectivity index (χ0) is 12.4. The second-order valence-electron chi connectivity index (χ2n) is 5.20. The number of anilines is 1. The van der Waals surface area contributed by atoms with Gasteiger partial charge in [-0.25, -0.2) is 0 Å². The summed E-state index contributed by atoms with van der Waals surface area (Å²) in [5.74, 6) is 0.787. The van der Waals surface area contributed by atoms with Gasteiger partial charge in [0.1, 0.15) is 0 Å². The van der Waals surface area contributed by atoms with Gasteiger partial charge in [0, 0.05) is 18.7 Å². The van der Waals surface area contributed by atoms with Gasteiger partial charge in [0.15, 0.2) is 0 Å². The van der Waals surface area contributed by atoms with Gasteiger partial charge in [-0.15, -0.1) is 0 Å². The third-order valence-electron chi connectivity index (χ3n) is 3.51. The maximum atomic E-state index is 12.0. The number of carbonyl (C=O) groups excluding carboxylic acids is 1. The van der Waals surface area contributed by atoms with Crippen molar-refractivity contribution in [3.63, 3.8) is 0 Å². The monoisotopic (exact) mass is 231 g/mol. The average molecular weight is 231 g/mol. The topological polar surface area (TPSA) is 20.3 Å². The standard InChI is InChI=1S/C15H21NO/c1-11(2)13-8-7-12(3)14(10-13)16-9-5-4-6-15(16)17/h7-8,10-11H,4-6,9H2,1-3H3. The molecule has 0 unspecified atom stereocenters. The molecule has 1 aromatic carbocycles. The van der Waals surface area contributed by atoms with Gasteiger partial charge in [-0.1, -0.05) is 26.0 Å². The number of aryl methyl sites for hydroxylation is 1. The first-order valence-corrected chi connectivity index (χ1v) is 6.50. The molecule has 1 aliphatic heterocycles. The van der Waals surface area contributed by atoms with Crippen LogP contribution in [0.1, 0.15) is 50.2 Å². The number of hydrogen-bond donors (Lipinski definition) is 0. The van der Waals surface area contributed by atoms with Crippen molar-refractivity contribution in [3.8, 4) is 0 Å². The Morgan fingerprint density at radius 3 is 2.65 bits per heavy atom. The van der Waals surface area contributed by atoms with Gasteiger partial charge in [-0.3, -0.25) is 4.79 Å². The van der Waals surface area contributed by atoms with Crippen molar-refractivity contribution in [1.29, 1.82) is 0 Å². The normalized spacial score (nSPS) is 16.7. The number of nitrogens with zero attached hydrogens (tertiary/aromatic N) is 1. The molecule has 0 spiro atoms. The van der Waals surface area contributed by atoms with Gasteiger partial charge in [0.25, 0.3) is 0 Å². The fourth-order valence-electron chi connectivity index (χ4n) is 2.34. The van der Waals surface area contributed by atoms with Crippen molar-refractivity contribution < 1.29 is 4.79 Å². The lowest BCUT2D eigenvalue weighted by molar-refractivity contribution is -0.119. The number of amides is 1. The zero-order valence-electron chi connectivity index (χ0n) is 11.0. The number of piperidine rings is 1. The Bertz CT molecular complexity index is 423. The van der Waals surface area contributed by atoms with E-state index in [0.29, 0.717) is 12.3 Å². The first kappa shape index (κ1) is 12.2. The minimum Gasteiger partial charge on any atom is -0.312 e. The molecule has 2 heteroatoms. The van der Waals surface area contributed by atoms with E-state index in [-0.39, 0.29) is 5.91 Å². The Hall–Kier alpha value is -1.31. The highest BCUT2D eigenvalue weighted by molar-refractivity contribution is 5.94. The maximum absolute atomic E-state index is 12.0. The van der Waals surface area contributed by atoms with Crippen LogP contribution in [0.2, 0.25) is 0 Å². The molecule has 0 bridgehead atoms. The highest BCUT2D eigenvalue weighted by Crippen LogP contribution is 2.28. The van der Waals surface area contributed by atoms with Gasteiger partial charge >= 0.3 is 0 Å². The number of benzene rings is 1. The number of carbonyl (C=O) groups is 1. The summed E-state index contributed by atoms with van der Waals surface area (Å²) in [6.45, 7) is 7.33. The summed E-state index contributed by atoms with van der Waals surface area (Å²) in [4.78, 5) is 13.9. The van der Waals surface area contributed by atoms with Crippen LogP contribution in [-0.2, 0) is 4.79 Å². The van der Waals surface area contributed by atoms with Gasteiger partial charge < -0.3 is 4.90 Å². The lowest BCUT2D eigenvalue weighted by Gasteiger charge is -2.29. The third kappa shape index (κ3) is 2.51. The summed E-state index contributed by atoms with van der Waals surface area (Å²) in [6, 6.07) is 6.48. The van der Waals surface area contributed by atoms with Gasteiger partial charge in [-0.2, -0.15) is 0 Å². The van der Waals surface area contributed by atoms with Crippen LogP contribution in [0, 0.1) is 6.92 Å². The van der Waals surface area contributed by atoms with Crippen LogP contribution in [0.3, 0.4) is 0 Å². The highest BCUT2D eigenvalue weighted by Gasteiger charge is 2.21. The molecule has 0 radical (unpaired) electrons. The van der Waals surface area contributed by atoms with E-state index in [9.17, 15) is 4.79 Å². The Morgan fingerprint density at radius 2 is 2.00 bits per heavy atom. The SMILES string of the molecule is Cc1ccc(C(C)C)cc1N1CCCCC1=O. The van der Waals surface area contributed by atoms with Crippen LogP contribution >= 0.6 is 0 Å². The third-order valence-corrected chi connectivity index (χ3v) is 3.51. The lowest BCUT2D eigenvalue weighted by Crippen LogP contribution is -2.35. The van der Waals surface area contributed by atoms with Crippen molar-refractivity contribution >= 4 is 11.6 Å². The minimum absolute atomic E-state index is 0.278. The van der Waals surface area contributed by atoms with Crippen LogP contribution in [0.4, 0.5) is 5.69 Å². The molecular weight excluding hydrogens is 210 g/mol. The van der Waals surface area contributed by atoms with Crippen LogP contribution in [0.5, 0.6) is 0 Å². The Balaban J connectivity index is 2.35. The number of rotatable bonds is 2. The van der Waals surface area contributed by atoms with E-state index in [2.05, 4.69) is 39.0 Å². The molecule has 0 atom stereocenters. The summed E-state index contributed by atoms with van der Waals surface area (Å²) >= 11 is 0. The highest BCUT2D eigenvalue weighted by atomic mass is 16.2. The molecule has 2 rings (SSSR count).